The van der Waals surface area contributed by atoms with Gasteiger partial charge in [0.2, 0.25) is 0 Å². The maximum Gasteiger partial charge on any atom is 0.119 e. The van der Waals surface area contributed by atoms with Crippen molar-refractivity contribution in [1.29, 1.82) is 0 Å². The van der Waals surface area contributed by atoms with Crippen LogP contribution in [0.4, 0.5) is 5.69 Å². The van der Waals surface area contributed by atoms with E-state index in [1.165, 1.54) is 16.8 Å². The molecular formula is C14H15N3O. The molecule has 0 aliphatic carbocycles. The molecule has 2 heterocycles. The number of rotatable bonds is 2. The molecule has 0 radical (unpaired) electrons. The van der Waals surface area contributed by atoms with Crippen molar-refractivity contribution >= 4 is 5.69 Å². The maximum absolute atomic E-state index is 5.18. The zero-order valence-electron chi connectivity index (χ0n) is 10.3. The molecule has 0 atom stereocenters. The highest BCUT2D eigenvalue weighted by Gasteiger charge is 2.16. The molecule has 0 saturated carbocycles. The van der Waals surface area contributed by atoms with E-state index in [2.05, 4.69) is 27.2 Å². The summed E-state index contributed by atoms with van der Waals surface area (Å²) in [4.78, 5) is 2.35. The smallest absolute Gasteiger partial charge is 0.119 e. The molecule has 0 fully saturated rings. The number of hydrogen-bond acceptors (Lipinski definition) is 4. The topological polar surface area (TPSA) is 38.2 Å². The van der Waals surface area contributed by atoms with E-state index in [-0.39, 0.29) is 0 Å². The largest absolute Gasteiger partial charge is 0.497 e. The van der Waals surface area contributed by atoms with Gasteiger partial charge in [0.05, 0.1) is 19.5 Å². The number of anilines is 1. The lowest BCUT2D eigenvalue weighted by Crippen LogP contribution is -2.30. The highest BCUT2D eigenvalue weighted by Crippen LogP contribution is 2.25. The molecule has 0 amide bonds. The van der Waals surface area contributed by atoms with Crippen LogP contribution in [-0.2, 0) is 13.0 Å². The fourth-order valence-electron chi connectivity index (χ4n) is 2.29. The Balaban J connectivity index is 1.82. The first-order valence-electron chi connectivity index (χ1n) is 6.04. The predicted molar refractivity (Wildman–Crippen MR) is 69.8 cm³/mol. The van der Waals surface area contributed by atoms with Crippen LogP contribution in [0.3, 0.4) is 0 Å². The molecule has 0 spiro atoms. The highest BCUT2D eigenvalue weighted by atomic mass is 16.5. The fourth-order valence-corrected chi connectivity index (χ4v) is 2.29. The Bertz CT molecular complexity index is 539. The molecule has 3 rings (SSSR count). The number of aromatic nitrogens is 2. The van der Waals surface area contributed by atoms with Gasteiger partial charge in [0, 0.05) is 18.8 Å². The summed E-state index contributed by atoms with van der Waals surface area (Å²) >= 11 is 0. The number of fused-ring (bicyclic) bond motifs is 1. The lowest BCUT2D eigenvalue weighted by molar-refractivity contribution is 0.415. The standard InChI is InChI=1S/C14H15N3O/c1-18-14-4-2-13(3-5-14)17-7-6-11-8-15-16-9-12(11)10-17/h2-5,8-9H,6-7,10H2,1H3. The minimum Gasteiger partial charge on any atom is -0.497 e. The van der Waals surface area contributed by atoms with Crippen molar-refractivity contribution < 1.29 is 4.74 Å². The number of methoxy groups -OCH3 is 1. The predicted octanol–water partition coefficient (Wildman–Crippen LogP) is 2.05. The molecule has 0 bridgehead atoms. The minimum absolute atomic E-state index is 0.891. The third-order valence-corrected chi connectivity index (χ3v) is 3.36. The van der Waals surface area contributed by atoms with Crippen molar-refractivity contribution in [3.8, 4) is 5.75 Å². The van der Waals surface area contributed by atoms with Crippen molar-refractivity contribution in [3.63, 3.8) is 0 Å². The molecule has 0 N–H and O–H groups in total. The summed E-state index contributed by atoms with van der Waals surface area (Å²) in [5.41, 5.74) is 3.81. The van der Waals surface area contributed by atoms with E-state index in [4.69, 9.17) is 4.74 Å². The Morgan fingerprint density at radius 1 is 1.06 bits per heavy atom. The molecule has 1 aliphatic heterocycles. The summed E-state index contributed by atoms with van der Waals surface area (Å²) in [5, 5.41) is 7.89. The van der Waals surface area contributed by atoms with Gasteiger partial charge in [-0.15, -0.1) is 0 Å². The summed E-state index contributed by atoms with van der Waals surface area (Å²) in [7, 11) is 1.69. The normalized spacial score (nSPS) is 14.2. The Labute approximate surface area is 106 Å². The van der Waals surface area contributed by atoms with Gasteiger partial charge in [-0.2, -0.15) is 10.2 Å². The maximum atomic E-state index is 5.18. The van der Waals surface area contributed by atoms with Crippen LogP contribution >= 0.6 is 0 Å². The first kappa shape index (κ1) is 11.0. The molecule has 0 unspecified atom stereocenters. The van der Waals surface area contributed by atoms with E-state index in [1.807, 2.05) is 24.5 Å². The van der Waals surface area contributed by atoms with Gasteiger partial charge in [0.1, 0.15) is 5.75 Å². The lowest BCUT2D eigenvalue weighted by atomic mass is 10.0. The van der Waals surface area contributed by atoms with Gasteiger partial charge in [-0.3, -0.25) is 0 Å². The second kappa shape index (κ2) is 4.64. The van der Waals surface area contributed by atoms with Gasteiger partial charge < -0.3 is 9.64 Å². The number of hydrogen-bond donors (Lipinski definition) is 0. The highest BCUT2D eigenvalue weighted by molar-refractivity contribution is 5.51. The second-order valence-electron chi connectivity index (χ2n) is 4.41. The van der Waals surface area contributed by atoms with Crippen LogP contribution in [0.1, 0.15) is 11.1 Å². The van der Waals surface area contributed by atoms with E-state index in [1.54, 1.807) is 7.11 Å². The summed E-state index contributed by atoms with van der Waals surface area (Å²) in [5.74, 6) is 0.891. The Hall–Kier alpha value is -2.10. The molecule has 2 aromatic rings. The molecule has 92 valence electrons. The third kappa shape index (κ3) is 2.01. The van der Waals surface area contributed by atoms with Gasteiger partial charge >= 0.3 is 0 Å². The average molecular weight is 241 g/mol. The fraction of sp³-hybridized carbons (Fsp3) is 0.286. The van der Waals surface area contributed by atoms with E-state index < -0.39 is 0 Å². The van der Waals surface area contributed by atoms with Crippen LogP contribution in [0.2, 0.25) is 0 Å². The number of nitrogens with zero attached hydrogens (tertiary/aromatic N) is 3. The molecule has 4 nitrogen and oxygen atoms in total. The van der Waals surface area contributed by atoms with Crippen LogP contribution in [0, 0.1) is 0 Å². The van der Waals surface area contributed by atoms with Crippen molar-refractivity contribution in [3.05, 3.63) is 47.8 Å². The Kier molecular flexibility index (Phi) is 2.84. The summed E-state index contributed by atoms with van der Waals surface area (Å²) in [6.45, 7) is 1.92. The summed E-state index contributed by atoms with van der Waals surface area (Å²) < 4.78 is 5.18. The van der Waals surface area contributed by atoms with E-state index >= 15 is 0 Å². The third-order valence-electron chi connectivity index (χ3n) is 3.36. The monoisotopic (exact) mass is 241 g/mol. The van der Waals surface area contributed by atoms with Gasteiger partial charge in [-0.1, -0.05) is 0 Å². The van der Waals surface area contributed by atoms with Crippen LogP contribution in [0.15, 0.2) is 36.7 Å². The van der Waals surface area contributed by atoms with Crippen molar-refractivity contribution in [2.45, 2.75) is 13.0 Å². The van der Waals surface area contributed by atoms with Gasteiger partial charge in [-0.05, 0) is 41.8 Å². The SMILES string of the molecule is COc1ccc(N2CCc3cnncc3C2)cc1. The lowest BCUT2D eigenvalue weighted by Gasteiger charge is -2.30. The van der Waals surface area contributed by atoms with Gasteiger partial charge in [0.15, 0.2) is 0 Å². The first-order valence-corrected chi connectivity index (χ1v) is 6.04. The van der Waals surface area contributed by atoms with Gasteiger partial charge in [-0.25, -0.2) is 0 Å². The number of benzene rings is 1. The second-order valence-corrected chi connectivity index (χ2v) is 4.41. The molecule has 18 heavy (non-hydrogen) atoms. The van der Waals surface area contributed by atoms with E-state index in [0.717, 1.165) is 25.3 Å². The molecule has 0 saturated heterocycles. The number of ether oxygens (including phenoxy) is 1. The van der Waals surface area contributed by atoms with Crippen LogP contribution in [0.25, 0.3) is 0 Å². The molecular weight excluding hydrogens is 226 g/mol. The molecule has 1 aromatic heterocycles. The van der Waals surface area contributed by atoms with Crippen molar-refractivity contribution in [2.24, 2.45) is 0 Å². The molecule has 1 aliphatic rings. The van der Waals surface area contributed by atoms with Crippen LogP contribution in [0.5, 0.6) is 5.75 Å². The average Bonchev–Trinajstić information content (AvgIpc) is 2.47. The van der Waals surface area contributed by atoms with Crippen LogP contribution in [-0.4, -0.2) is 23.9 Å². The summed E-state index contributed by atoms with van der Waals surface area (Å²) in [6, 6.07) is 8.18. The van der Waals surface area contributed by atoms with Crippen LogP contribution < -0.4 is 9.64 Å². The molecule has 4 heteroatoms. The Morgan fingerprint density at radius 2 is 1.78 bits per heavy atom. The van der Waals surface area contributed by atoms with Crippen molar-refractivity contribution in [1.82, 2.24) is 10.2 Å². The molecule has 1 aromatic carbocycles. The summed E-state index contributed by atoms with van der Waals surface area (Å²) in [6.07, 6.45) is 4.77. The quantitative estimate of drug-likeness (QED) is 0.806. The zero-order chi connectivity index (χ0) is 12.4. The van der Waals surface area contributed by atoms with Gasteiger partial charge in [0.25, 0.3) is 0 Å². The van der Waals surface area contributed by atoms with E-state index in [9.17, 15) is 0 Å². The van der Waals surface area contributed by atoms with Crippen molar-refractivity contribution in [2.75, 3.05) is 18.6 Å². The Morgan fingerprint density at radius 3 is 2.50 bits per heavy atom. The van der Waals surface area contributed by atoms with E-state index in [0.29, 0.717) is 0 Å². The minimum atomic E-state index is 0.891. The first-order chi connectivity index (χ1) is 8.86. The zero-order valence-corrected chi connectivity index (χ0v) is 10.3.